The van der Waals surface area contributed by atoms with Crippen molar-refractivity contribution in [3.8, 4) is 12.3 Å². The highest BCUT2D eigenvalue weighted by molar-refractivity contribution is 7.27. The van der Waals surface area contributed by atoms with Crippen molar-refractivity contribution in [1.29, 1.82) is 0 Å². The van der Waals surface area contributed by atoms with Crippen molar-refractivity contribution in [2.45, 2.75) is 12.8 Å². The van der Waals surface area contributed by atoms with Gasteiger partial charge in [0.15, 0.2) is 5.78 Å². The van der Waals surface area contributed by atoms with E-state index in [4.69, 9.17) is 6.42 Å². The molecule has 2 heterocycles. The highest BCUT2D eigenvalue weighted by Crippen LogP contribution is 2.30. The maximum Gasteiger partial charge on any atom is 0.173 e. The molecular weight excluding hydrogens is 212 g/mol. The lowest BCUT2D eigenvalue weighted by Gasteiger charge is -1.91. The smallest absolute Gasteiger partial charge is 0.173 e. The SMILES string of the molecule is C#CCCC(=O)c1cc2sccc2s1. The van der Waals surface area contributed by atoms with E-state index in [9.17, 15) is 4.79 Å². The zero-order chi connectivity index (χ0) is 9.97. The molecule has 0 atom stereocenters. The number of carbonyl (C=O) groups is 1. The highest BCUT2D eigenvalue weighted by Gasteiger charge is 2.09. The maximum absolute atomic E-state index is 11.6. The van der Waals surface area contributed by atoms with Crippen molar-refractivity contribution >= 4 is 37.9 Å². The van der Waals surface area contributed by atoms with E-state index in [1.54, 1.807) is 22.7 Å². The van der Waals surface area contributed by atoms with Crippen LogP contribution >= 0.6 is 22.7 Å². The normalized spacial score (nSPS) is 10.2. The lowest BCUT2D eigenvalue weighted by molar-refractivity contribution is 0.0988. The maximum atomic E-state index is 11.6. The standard InChI is InChI=1S/C11H8OS2/c1-2-3-4-8(12)10-7-11-9(14-10)5-6-13-11/h1,5-7H,3-4H2. The zero-order valence-electron chi connectivity index (χ0n) is 7.45. The highest BCUT2D eigenvalue weighted by atomic mass is 32.1. The molecule has 0 unspecified atom stereocenters. The third-order valence-electron chi connectivity index (χ3n) is 1.91. The minimum atomic E-state index is 0.163. The van der Waals surface area contributed by atoms with E-state index in [0.29, 0.717) is 12.8 Å². The number of hydrogen-bond donors (Lipinski definition) is 0. The summed E-state index contributed by atoms with van der Waals surface area (Å²) in [4.78, 5) is 12.4. The summed E-state index contributed by atoms with van der Waals surface area (Å²) in [6.07, 6.45) is 6.11. The van der Waals surface area contributed by atoms with Gasteiger partial charge in [-0.1, -0.05) is 0 Å². The lowest BCUT2D eigenvalue weighted by atomic mass is 10.2. The van der Waals surface area contributed by atoms with Gasteiger partial charge in [0, 0.05) is 22.2 Å². The van der Waals surface area contributed by atoms with E-state index in [-0.39, 0.29) is 5.78 Å². The van der Waals surface area contributed by atoms with Crippen LogP contribution in [0.5, 0.6) is 0 Å². The molecule has 0 aliphatic rings. The fraction of sp³-hybridized carbons (Fsp3) is 0.182. The molecule has 0 bridgehead atoms. The van der Waals surface area contributed by atoms with Crippen molar-refractivity contribution in [1.82, 2.24) is 0 Å². The van der Waals surface area contributed by atoms with Gasteiger partial charge in [-0.15, -0.1) is 35.0 Å². The number of fused-ring (bicyclic) bond motifs is 1. The number of hydrogen-bond acceptors (Lipinski definition) is 3. The van der Waals surface area contributed by atoms with Gasteiger partial charge >= 0.3 is 0 Å². The van der Waals surface area contributed by atoms with Gasteiger partial charge in [-0.25, -0.2) is 0 Å². The van der Waals surface area contributed by atoms with Gasteiger partial charge in [0.1, 0.15) is 0 Å². The molecule has 1 nitrogen and oxygen atoms in total. The molecule has 0 fully saturated rings. The Bertz CT molecular complexity index is 470. The average Bonchev–Trinajstić information content (AvgIpc) is 2.72. The van der Waals surface area contributed by atoms with Crippen LogP contribution in [-0.2, 0) is 0 Å². The van der Waals surface area contributed by atoms with E-state index in [1.807, 2.05) is 17.5 Å². The molecule has 0 amide bonds. The molecule has 0 aromatic carbocycles. The molecule has 0 N–H and O–H groups in total. The summed E-state index contributed by atoms with van der Waals surface area (Å²) in [7, 11) is 0. The monoisotopic (exact) mass is 220 g/mol. The van der Waals surface area contributed by atoms with Crippen LogP contribution in [-0.4, -0.2) is 5.78 Å². The predicted octanol–water partition coefficient (Wildman–Crippen LogP) is 3.56. The van der Waals surface area contributed by atoms with Gasteiger partial charge in [-0.2, -0.15) is 0 Å². The Hall–Kier alpha value is -1.11. The Kier molecular flexibility index (Phi) is 2.67. The van der Waals surface area contributed by atoms with Crippen molar-refractivity contribution < 1.29 is 4.79 Å². The summed E-state index contributed by atoms with van der Waals surface area (Å²) >= 11 is 3.22. The first-order chi connectivity index (χ1) is 6.81. The second-order valence-electron chi connectivity index (χ2n) is 2.89. The Balaban J connectivity index is 2.23. The lowest BCUT2D eigenvalue weighted by Crippen LogP contribution is -1.93. The molecule has 2 rings (SSSR count). The van der Waals surface area contributed by atoms with E-state index >= 15 is 0 Å². The number of rotatable bonds is 3. The number of thiophene rings is 2. The summed E-state index contributed by atoms with van der Waals surface area (Å²) in [5.41, 5.74) is 0. The summed E-state index contributed by atoms with van der Waals surface area (Å²) in [5.74, 6) is 2.65. The van der Waals surface area contributed by atoms with Crippen LogP contribution in [0.15, 0.2) is 17.5 Å². The Labute approximate surface area is 90.4 Å². The third kappa shape index (κ3) is 1.72. The molecule has 0 spiro atoms. The molecule has 0 aliphatic heterocycles. The van der Waals surface area contributed by atoms with E-state index in [1.165, 1.54) is 9.40 Å². The third-order valence-corrected chi connectivity index (χ3v) is 4.05. The fourth-order valence-electron chi connectivity index (χ4n) is 1.21. The molecule has 0 saturated carbocycles. The van der Waals surface area contributed by atoms with E-state index in [0.717, 1.165) is 4.88 Å². The van der Waals surface area contributed by atoms with Gasteiger partial charge in [0.05, 0.1) is 4.88 Å². The van der Waals surface area contributed by atoms with Crippen molar-refractivity contribution in [3.05, 3.63) is 22.4 Å². The van der Waals surface area contributed by atoms with Crippen LogP contribution in [0.2, 0.25) is 0 Å². The first-order valence-corrected chi connectivity index (χ1v) is 5.94. The summed E-state index contributed by atoms with van der Waals surface area (Å²) in [6, 6.07) is 4.01. The summed E-state index contributed by atoms with van der Waals surface area (Å²) in [6.45, 7) is 0. The summed E-state index contributed by atoms with van der Waals surface area (Å²) < 4.78 is 2.39. The fourth-order valence-corrected chi connectivity index (χ4v) is 3.29. The molecule has 14 heavy (non-hydrogen) atoms. The zero-order valence-corrected chi connectivity index (χ0v) is 9.08. The minimum Gasteiger partial charge on any atom is -0.293 e. The van der Waals surface area contributed by atoms with Crippen molar-refractivity contribution in [3.63, 3.8) is 0 Å². The number of ketones is 1. The predicted molar refractivity (Wildman–Crippen MR) is 62.1 cm³/mol. The van der Waals surface area contributed by atoms with Crippen molar-refractivity contribution in [2.75, 3.05) is 0 Å². The average molecular weight is 220 g/mol. The molecule has 2 aromatic rings. The first kappa shape index (κ1) is 9.45. The number of Topliss-reactive ketones (excluding diaryl/α,β-unsaturated/α-hetero) is 1. The quantitative estimate of drug-likeness (QED) is 0.571. The second kappa shape index (κ2) is 3.95. The minimum absolute atomic E-state index is 0.163. The second-order valence-corrected chi connectivity index (χ2v) is 4.92. The van der Waals surface area contributed by atoms with Gasteiger partial charge in [0.2, 0.25) is 0 Å². The van der Waals surface area contributed by atoms with Crippen LogP contribution in [0, 0.1) is 12.3 Å². The molecule has 0 aliphatic carbocycles. The first-order valence-electron chi connectivity index (χ1n) is 4.25. The van der Waals surface area contributed by atoms with Crippen LogP contribution in [0.25, 0.3) is 9.40 Å². The van der Waals surface area contributed by atoms with Gasteiger partial charge in [-0.05, 0) is 17.5 Å². The number of terminal acetylenes is 1. The Morgan fingerprint density at radius 1 is 1.50 bits per heavy atom. The molecule has 70 valence electrons. The molecule has 3 heteroatoms. The van der Waals surface area contributed by atoms with Gasteiger partial charge in [0.25, 0.3) is 0 Å². The van der Waals surface area contributed by atoms with Crippen LogP contribution in [0.3, 0.4) is 0 Å². The molecule has 0 saturated heterocycles. The number of carbonyl (C=O) groups excluding carboxylic acids is 1. The van der Waals surface area contributed by atoms with Crippen LogP contribution < -0.4 is 0 Å². The molecule has 0 radical (unpaired) electrons. The van der Waals surface area contributed by atoms with Crippen LogP contribution in [0.1, 0.15) is 22.5 Å². The molecular formula is C11H8OS2. The molecule has 2 aromatic heterocycles. The van der Waals surface area contributed by atoms with Crippen LogP contribution in [0.4, 0.5) is 0 Å². The van der Waals surface area contributed by atoms with E-state index in [2.05, 4.69) is 5.92 Å². The van der Waals surface area contributed by atoms with Gasteiger partial charge in [-0.3, -0.25) is 4.79 Å². The Morgan fingerprint density at radius 3 is 3.07 bits per heavy atom. The largest absolute Gasteiger partial charge is 0.293 e. The Morgan fingerprint density at radius 2 is 2.36 bits per heavy atom. The van der Waals surface area contributed by atoms with Gasteiger partial charge < -0.3 is 0 Å². The van der Waals surface area contributed by atoms with Crippen molar-refractivity contribution in [2.24, 2.45) is 0 Å². The van der Waals surface area contributed by atoms with E-state index < -0.39 is 0 Å². The topological polar surface area (TPSA) is 17.1 Å². The summed E-state index contributed by atoms with van der Waals surface area (Å²) in [5, 5.41) is 2.04.